The number of alkyl halides is 3. The van der Waals surface area contributed by atoms with Gasteiger partial charge in [-0.1, -0.05) is 17.7 Å². The van der Waals surface area contributed by atoms with Crippen molar-refractivity contribution in [2.75, 3.05) is 0 Å². The summed E-state index contributed by atoms with van der Waals surface area (Å²) in [5, 5.41) is 9.47. The third kappa shape index (κ3) is 3.75. The van der Waals surface area contributed by atoms with Crippen molar-refractivity contribution < 1.29 is 18.3 Å². The molecule has 2 atom stereocenters. The molecule has 0 radical (unpaired) electrons. The summed E-state index contributed by atoms with van der Waals surface area (Å²) < 4.78 is 38.0. The van der Waals surface area contributed by atoms with Crippen LogP contribution in [0.1, 0.15) is 30.0 Å². The fraction of sp³-hybridized carbons (Fsp3) is 0.500. The molecule has 7 heteroatoms. The van der Waals surface area contributed by atoms with Gasteiger partial charge < -0.3 is 10.8 Å². The smallest absolute Gasteiger partial charge is 0.391 e. The first-order valence-electron chi connectivity index (χ1n) is 5.61. The Balaban J connectivity index is 0.00000180. The predicted octanol–water partition coefficient (Wildman–Crippen LogP) is 3.55. The molecule has 2 nitrogen and oxygen atoms in total. The van der Waals surface area contributed by atoms with E-state index in [2.05, 4.69) is 0 Å². The van der Waals surface area contributed by atoms with E-state index in [-0.39, 0.29) is 28.9 Å². The highest BCUT2D eigenvalue weighted by Gasteiger charge is 2.37. The predicted molar refractivity (Wildman–Crippen MR) is 69.4 cm³/mol. The van der Waals surface area contributed by atoms with E-state index in [1.54, 1.807) is 0 Å². The minimum Gasteiger partial charge on any atom is -0.391 e. The number of hydrogen-bond acceptors (Lipinski definition) is 2. The average Bonchev–Trinajstić information content (AvgIpc) is 3.10. The van der Waals surface area contributed by atoms with Crippen molar-refractivity contribution in [3.63, 3.8) is 0 Å². The zero-order valence-corrected chi connectivity index (χ0v) is 11.4. The average molecular weight is 316 g/mol. The van der Waals surface area contributed by atoms with E-state index in [1.807, 2.05) is 0 Å². The van der Waals surface area contributed by atoms with Gasteiger partial charge >= 0.3 is 6.18 Å². The topological polar surface area (TPSA) is 46.2 Å². The van der Waals surface area contributed by atoms with Crippen LogP contribution < -0.4 is 5.73 Å². The lowest BCUT2D eigenvalue weighted by molar-refractivity contribution is -0.137. The molecule has 0 heterocycles. The molecule has 0 amide bonds. The number of aliphatic hydroxyl groups excluding tert-OH is 1. The third-order valence-corrected chi connectivity index (χ3v) is 3.48. The van der Waals surface area contributed by atoms with Gasteiger partial charge in [0.25, 0.3) is 0 Å². The van der Waals surface area contributed by atoms with Gasteiger partial charge in [0.05, 0.1) is 22.7 Å². The van der Waals surface area contributed by atoms with Gasteiger partial charge in [-0.05, 0) is 36.5 Å². The van der Waals surface area contributed by atoms with Gasteiger partial charge in [-0.25, -0.2) is 0 Å². The molecule has 1 aromatic carbocycles. The van der Waals surface area contributed by atoms with Crippen LogP contribution >= 0.6 is 24.0 Å². The quantitative estimate of drug-likeness (QED) is 0.896. The first kappa shape index (κ1) is 16.6. The zero-order valence-electron chi connectivity index (χ0n) is 9.82. The summed E-state index contributed by atoms with van der Waals surface area (Å²) in [7, 11) is 0. The summed E-state index contributed by atoms with van der Waals surface area (Å²) in [5.41, 5.74) is 5.12. The number of hydrogen-bond donors (Lipinski definition) is 2. The largest absolute Gasteiger partial charge is 0.417 e. The molecule has 0 aromatic heterocycles. The summed E-state index contributed by atoms with van der Waals surface area (Å²) in [6.07, 6.45) is -3.58. The van der Waals surface area contributed by atoms with Crippen LogP contribution in [0, 0.1) is 5.92 Å². The number of aliphatic hydroxyl groups is 1. The SMILES string of the molecule is Cl.N[C@H](c1ccc(Cl)c(C(F)(F)F)c1)[C@@H](O)C1CC1. The molecule has 108 valence electrons. The summed E-state index contributed by atoms with van der Waals surface area (Å²) >= 11 is 5.52. The minimum atomic E-state index is -4.52. The van der Waals surface area contributed by atoms with Crippen molar-refractivity contribution in [3.8, 4) is 0 Å². The van der Waals surface area contributed by atoms with Gasteiger partial charge in [0.15, 0.2) is 0 Å². The molecule has 0 bridgehead atoms. The maximum absolute atomic E-state index is 12.7. The lowest BCUT2D eigenvalue weighted by Gasteiger charge is -2.20. The number of nitrogens with two attached hydrogens (primary N) is 1. The fourth-order valence-corrected chi connectivity index (χ4v) is 2.12. The third-order valence-electron chi connectivity index (χ3n) is 3.15. The highest BCUT2D eigenvalue weighted by atomic mass is 35.5. The molecule has 19 heavy (non-hydrogen) atoms. The van der Waals surface area contributed by atoms with Crippen molar-refractivity contribution in [2.45, 2.75) is 31.2 Å². The molecule has 0 saturated heterocycles. The Bertz CT molecular complexity index is 449. The van der Waals surface area contributed by atoms with Crippen molar-refractivity contribution in [3.05, 3.63) is 34.3 Å². The van der Waals surface area contributed by atoms with Crippen LogP contribution in [0.3, 0.4) is 0 Å². The maximum Gasteiger partial charge on any atom is 0.417 e. The van der Waals surface area contributed by atoms with Gasteiger partial charge in [-0.2, -0.15) is 13.2 Å². The van der Waals surface area contributed by atoms with Crippen LogP contribution in [-0.2, 0) is 6.18 Å². The summed E-state index contributed by atoms with van der Waals surface area (Å²) in [6.45, 7) is 0. The van der Waals surface area contributed by atoms with Crippen LogP contribution in [-0.4, -0.2) is 11.2 Å². The van der Waals surface area contributed by atoms with E-state index in [0.29, 0.717) is 0 Å². The lowest BCUT2D eigenvalue weighted by atomic mass is 9.97. The van der Waals surface area contributed by atoms with Crippen LogP contribution in [0.25, 0.3) is 0 Å². The minimum absolute atomic E-state index is 0. The van der Waals surface area contributed by atoms with Crippen molar-refractivity contribution >= 4 is 24.0 Å². The Morgan fingerprint density at radius 3 is 2.37 bits per heavy atom. The highest BCUT2D eigenvalue weighted by Crippen LogP contribution is 2.39. The maximum atomic E-state index is 12.7. The van der Waals surface area contributed by atoms with Crippen molar-refractivity contribution in [1.82, 2.24) is 0 Å². The molecule has 1 aliphatic carbocycles. The molecular weight excluding hydrogens is 302 g/mol. The fourth-order valence-electron chi connectivity index (χ4n) is 1.90. The molecule has 1 saturated carbocycles. The zero-order chi connectivity index (χ0) is 13.5. The van der Waals surface area contributed by atoms with Gasteiger partial charge in [0.1, 0.15) is 0 Å². The van der Waals surface area contributed by atoms with E-state index >= 15 is 0 Å². The standard InChI is InChI=1S/C12H13ClF3NO.ClH/c13-9-4-3-7(5-8(9)12(14,15)16)10(17)11(18)6-1-2-6;/h3-6,10-11,18H,1-2,17H2;1H/t10-,11+;/m1./s1. The molecule has 0 spiro atoms. The van der Waals surface area contributed by atoms with E-state index in [4.69, 9.17) is 17.3 Å². The number of halogens is 5. The van der Waals surface area contributed by atoms with Crippen LogP contribution in [0.2, 0.25) is 5.02 Å². The second-order valence-corrected chi connectivity index (χ2v) is 5.00. The van der Waals surface area contributed by atoms with Crippen molar-refractivity contribution in [2.24, 2.45) is 11.7 Å². The van der Waals surface area contributed by atoms with E-state index in [9.17, 15) is 18.3 Å². The van der Waals surface area contributed by atoms with Crippen LogP contribution in [0.15, 0.2) is 18.2 Å². The molecule has 3 N–H and O–H groups in total. The van der Waals surface area contributed by atoms with E-state index in [1.165, 1.54) is 12.1 Å². The van der Waals surface area contributed by atoms with Gasteiger partial charge in [0.2, 0.25) is 0 Å². The highest BCUT2D eigenvalue weighted by molar-refractivity contribution is 6.31. The van der Waals surface area contributed by atoms with Gasteiger partial charge in [0, 0.05) is 0 Å². The van der Waals surface area contributed by atoms with Crippen LogP contribution in [0.4, 0.5) is 13.2 Å². The summed E-state index contributed by atoms with van der Waals surface area (Å²) in [6, 6.07) is 2.70. The number of rotatable bonds is 3. The Labute approximate surface area is 120 Å². The first-order chi connectivity index (χ1) is 8.30. The monoisotopic (exact) mass is 315 g/mol. The van der Waals surface area contributed by atoms with Gasteiger partial charge in [-0.3, -0.25) is 0 Å². The van der Waals surface area contributed by atoms with Crippen molar-refractivity contribution in [1.29, 1.82) is 0 Å². The van der Waals surface area contributed by atoms with E-state index in [0.717, 1.165) is 18.9 Å². The Hall–Kier alpha value is -0.490. The molecule has 0 unspecified atom stereocenters. The number of benzene rings is 1. The first-order valence-corrected chi connectivity index (χ1v) is 5.99. The Morgan fingerprint density at radius 1 is 1.32 bits per heavy atom. The Kier molecular flexibility index (Phi) is 5.12. The second-order valence-electron chi connectivity index (χ2n) is 4.59. The molecule has 1 aliphatic rings. The summed E-state index contributed by atoms with van der Waals surface area (Å²) in [5.74, 6) is 0.102. The lowest BCUT2D eigenvalue weighted by Crippen LogP contribution is -2.28. The normalized spacial score (nSPS) is 18.6. The molecular formula is C12H14Cl2F3NO. The van der Waals surface area contributed by atoms with Gasteiger partial charge in [-0.15, -0.1) is 12.4 Å². The molecule has 2 rings (SSSR count). The van der Waals surface area contributed by atoms with E-state index < -0.39 is 23.9 Å². The summed E-state index contributed by atoms with van der Waals surface area (Å²) in [4.78, 5) is 0. The Morgan fingerprint density at radius 2 is 1.89 bits per heavy atom. The second kappa shape index (κ2) is 5.87. The van der Waals surface area contributed by atoms with Crippen LogP contribution in [0.5, 0.6) is 0 Å². The molecule has 1 aromatic rings. The molecule has 0 aliphatic heterocycles. The molecule has 1 fully saturated rings.